The average Bonchev–Trinajstić information content (AvgIpc) is 2.99. The van der Waals surface area contributed by atoms with E-state index in [-0.39, 0.29) is 5.82 Å². The van der Waals surface area contributed by atoms with Crippen LogP contribution in [0.1, 0.15) is 25.0 Å². The van der Waals surface area contributed by atoms with Gasteiger partial charge in [0.25, 0.3) is 0 Å². The Kier molecular flexibility index (Phi) is 3.48. The number of hydrogen-bond donors (Lipinski definition) is 0. The highest BCUT2D eigenvalue weighted by Crippen LogP contribution is 2.28. The summed E-state index contributed by atoms with van der Waals surface area (Å²) in [5.41, 5.74) is 3.68. The summed E-state index contributed by atoms with van der Waals surface area (Å²) in [5.74, 6) is 0.865. The van der Waals surface area contributed by atoms with E-state index in [0.717, 1.165) is 41.4 Å². The summed E-state index contributed by atoms with van der Waals surface area (Å²) < 4.78 is 15.1. The second-order valence-electron chi connectivity index (χ2n) is 6.10. The van der Waals surface area contributed by atoms with E-state index in [1.165, 1.54) is 31.4 Å². The molecule has 0 spiro atoms. The molecule has 0 saturated carbocycles. The van der Waals surface area contributed by atoms with Crippen molar-refractivity contribution in [2.75, 3.05) is 18.0 Å². The standard InChI is InChI=1S/C18H19FN4/c1-13-11-17(22-9-3-2-4-10-22)23-18(21-13)16(12-20-23)14-5-7-15(19)8-6-14/h5-8,11-12H,2-4,9-10H2,1H3. The molecule has 1 saturated heterocycles. The molecule has 118 valence electrons. The number of aryl methyl sites for hydroxylation is 1. The summed E-state index contributed by atoms with van der Waals surface area (Å²) in [6, 6.07) is 8.59. The Labute approximate surface area is 134 Å². The third-order valence-corrected chi connectivity index (χ3v) is 4.42. The van der Waals surface area contributed by atoms with Gasteiger partial charge in [0.2, 0.25) is 0 Å². The molecule has 0 unspecified atom stereocenters. The first-order valence-electron chi connectivity index (χ1n) is 8.09. The SMILES string of the molecule is Cc1cc(N2CCCCC2)n2ncc(-c3ccc(F)cc3)c2n1. The summed E-state index contributed by atoms with van der Waals surface area (Å²) in [5, 5.41) is 4.55. The van der Waals surface area contributed by atoms with Crippen molar-refractivity contribution in [2.45, 2.75) is 26.2 Å². The number of halogens is 1. The molecular formula is C18H19FN4. The Hall–Kier alpha value is -2.43. The third kappa shape index (κ3) is 2.56. The van der Waals surface area contributed by atoms with Gasteiger partial charge in [-0.05, 0) is 43.9 Å². The molecule has 2 aromatic heterocycles. The minimum atomic E-state index is -0.233. The van der Waals surface area contributed by atoms with E-state index in [0.29, 0.717) is 0 Å². The van der Waals surface area contributed by atoms with Crippen LogP contribution < -0.4 is 4.90 Å². The Bertz CT molecular complexity index is 832. The topological polar surface area (TPSA) is 33.4 Å². The van der Waals surface area contributed by atoms with Gasteiger partial charge in [0.15, 0.2) is 5.65 Å². The average molecular weight is 310 g/mol. The van der Waals surface area contributed by atoms with E-state index in [1.807, 2.05) is 17.6 Å². The number of nitrogens with zero attached hydrogens (tertiary/aromatic N) is 4. The molecule has 0 aliphatic carbocycles. The molecule has 3 heterocycles. The number of rotatable bonds is 2. The van der Waals surface area contributed by atoms with Crippen LogP contribution in [-0.2, 0) is 0 Å². The lowest BCUT2D eigenvalue weighted by atomic mass is 10.1. The number of aromatic nitrogens is 3. The molecule has 4 rings (SSSR count). The molecule has 23 heavy (non-hydrogen) atoms. The van der Waals surface area contributed by atoms with E-state index in [1.54, 1.807) is 12.1 Å². The van der Waals surface area contributed by atoms with Crippen LogP contribution in [0.2, 0.25) is 0 Å². The Morgan fingerprint density at radius 3 is 2.52 bits per heavy atom. The highest BCUT2D eigenvalue weighted by molar-refractivity contribution is 5.78. The Morgan fingerprint density at radius 1 is 1.04 bits per heavy atom. The molecule has 0 bridgehead atoms. The quantitative estimate of drug-likeness (QED) is 0.721. The first kappa shape index (κ1) is 14.2. The number of hydrogen-bond acceptors (Lipinski definition) is 3. The van der Waals surface area contributed by atoms with Crippen molar-refractivity contribution < 1.29 is 4.39 Å². The van der Waals surface area contributed by atoms with Crippen molar-refractivity contribution >= 4 is 11.5 Å². The lowest BCUT2D eigenvalue weighted by molar-refractivity contribution is 0.568. The first-order valence-corrected chi connectivity index (χ1v) is 8.09. The fourth-order valence-corrected chi connectivity index (χ4v) is 3.25. The lowest BCUT2D eigenvalue weighted by Crippen LogP contribution is -2.31. The van der Waals surface area contributed by atoms with Crippen molar-refractivity contribution in [3.05, 3.63) is 48.0 Å². The van der Waals surface area contributed by atoms with Gasteiger partial charge in [-0.25, -0.2) is 9.37 Å². The fraction of sp³-hybridized carbons (Fsp3) is 0.333. The van der Waals surface area contributed by atoms with Crippen LogP contribution in [0.5, 0.6) is 0 Å². The van der Waals surface area contributed by atoms with Gasteiger partial charge in [-0.1, -0.05) is 12.1 Å². The second kappa shape index (κ2) is 5.65. The van der Waals surface area contributed by atoms with Gasteiger partial charge in [-0.3, -0.25) is 0 Å². The Balaban J connectivity index is 1.85. The summed E-state index contributed by atoms with van der Waals surface area (Å²) in [4.78, 5) is 7.05. The maximum atomic E-state index is 13.2. The van der Waals surface area contributed by atoms with E-state index >= 15 is 0 Å². The van der Waals surface area contributed by atoms with Crippen LogP contribution in [0.25, 0.3) is 16.8 Å². The number of benzene rings is 1. The fourth-order valence-electron chi connectivity index (χ4n) is 3.25. The van der Waals surface area contributed by atoms with Gasteiger partial charge < -0.3 is 4.90 Å². The molecule has 1 aromatic carbocycles. The molecule has 0 amide bonds. The zero-order valence-corrected chi connectivity index (χ0v) is 13.2. The van der Waals surface area contributed by atoms with E-state index < -0.39 is 0 Å². The van der Waals surface area contributed by atoms with E-state index in [4.69, 9.17) is 0 Å². The van der Waals surface area contributed by atoms with Crippen molar-refractivity contribution in [1.82, 2.24) is 14.6 Å². The summed E-state index contributed by atoms with van der Waals surface area (Å²) in [7, 11) is 0. The van der Waals surface area contributed by atoms with Crippen LogP contribution in [0.3, 0.4) is 0 Å². The predicted octanol–water partition coefficient (Wildman–Crippen LogP) is 3.83. The third-order valence-electron chi connectivity index (χ3n) is 4.42. The monoisotopic (exact) mass is 310 g/mol. The zero-order chi connectivity index (χ0) is 15.8. The van der Waals surface area contributed by atoms with Gasteiger partial charge in [-0.15, -0.1) is 0 Å². The van der Waals surface area contributed by atoms with Crippen molar-refractivity contribution in [2.24, 2.45) is 0 Å². The molecule has 1 aliphatic rings. The van der Waals surface area contributed by atoms with Gasteiger partial charge in [0, 0.05) is 30.4 Å². The van der Waals surface area contributed by atoms with Gasteiger partial charge in [0.05, 0.1) is 6.20 Å². The highest BCUT2D eigenvalue weighted by atomic mass is 19.1. The molecule has 5 heteroatoms. The highest BCUT2D eigenvalue weighted by Gasteiger charge is 2.18. The molecule has 4 nitrogen and oxygen atoms in total. The summed E-state index contributed by atoms with van der Waals surface area (Å²) in [6.07, 6.45) is 5.55. The molecule has 3 aromatic rings. The smallest absolute Gasteiger partial charge is 0.165 e. The molecule has 1 fully saturated rings. The van der Waals surface area contributed by atoms with Crippen molar-refractivity contribution in [1.29, 1.82) is 0 Å². The minimum absolute atomic E-state index is 0.233. The van der Waals surface area contributed by atoms with Crippen LogP contribution in [0.15, 0.2) is 36.5 Å². The number of fused-ring (bicyclic) bond motifs is 1. The van der Waals surface area contributed by atoms with Gasteiger partial charge >= 0.3 is 0 Å². The number of anilines is 1. The lowest BCUT2D eigenvalue weighted by Gasteiger charge is -2.29. The van der Waals surface area contributed by atoms with Gasteiger partial charge in [-0.2, -0.15) is 9.61 Å². The maximum absolute atomic E-state index is 13.2. The first-order chi connectivity index (χ1) is 11.2. The zero-order valence-electron chi connectivity index (χ0n) is 13.2. The van der Waals surface area contributed by atoms with E-state index in [9.17, 15) is 4.39 Å². The molecule has 0 atom stereocenters. The van der Waals surface area contributed by atoms with Crippen LogP contribution in [0.4, 0.5) is 10.2 Å². The molecular weight excluding hydrogens is 291 g/mol. The largest absolute Gasteiger partial charge is 0.356 e. The van der Waals surface area contributed by atoms with E-state index in [2.05, 4.69) is 21.0 Å². The minimum Gasteiger partial charge on any atom is -0.356 e. The molecule has 0 radical (unpaired) electrons. The normalized spacial score (nSPS) is 15.3. The maximum Gasteiger partial charge on any atom is 0.165 e. The van der Waals surface area contributed by atoms with Crippen LogP contribution in [0, 0.1) is 12.7 Å². The second-order valence-corrected chi connectivity index (χ2v) is 6.10. The molecule has 0 N–H and O–H groups in total. The van der Waals surface area contributed by atoms with Gasteiger partial charge in [0.1, 0.15) is 11.6 Å². The van der Waals surface area contributed by atoms with Crippen molar-refractivity contribution in [3.8, 4) is 11.1 Å². The summed E-state index contributed by atoms with van der Waals surface area (Å²) in [6.45, 7) is 4.13. The Morgan fingerprint density at radius 2 is 1.78 bits per heavy atom. The number of piperidine rings is 1. The van der Waals surface area contributed by atoms with Crippen molar-refractivity contribution in [3.63, 3.8) is 0 Å². The van der Waals surface area contributed by atoms with Crippen LogP contribution >= 0.6 is 0 Å². The summed E-state index contributed by atoms with van der Waals surface area (Å²) >= 11 is 0. The predicted molar refractivity (Wildman–Crippen MR) is 89.2 cm³/mol. The van der Waals surface area contributed by atoms with Crippen LogP contribution in [-0.4, -0.2) is 27.7 Å². The molecule has 1 aliphatic heterocycles.